The van der Waals surface area contributed by atoms with Crippen molar-refractivity contribution in [3.63, 3.8) is 0 Å². The largest absolute Gasteiger partial charge is 0.391 e. The smallest absolute Gasteiger partial charge is 0.248 e. The average Bonchev–Trinajstić information content (AvgIpc) is 3.31. The molecule has 0 spiro atoms. The quantitative estimate of drug-likeness (QED) is 0.260. The molecule has 2 saturated heterocycles. The van der Waals surface area contributed by atoms with Crippen LogP contribution in [0.1, 0.15) is 106 Å². The van der Waals surface area contributed by atoms with Gasteiger partial charge in [-0.3, -0.25) is 43.2 Å². The lowest BCUT2D eigenvalue weighted by Crippen LogP contribution is -2.61. The number of aliphatic hydroxyl groups is 1. The van der Waals surface area contributed by atoms with Crippen LogP contribution in [0.2, 0.25) is 0 Å². The summed E-state index contributed by atoms with van der Waals surface area (Å²) in [7, 11) is 6.95. The molecule has 3 rings (SSSR count). The zero-order valence-corrected chi connectivity index (χ0v) is 44.7. The molecule has 4 N–H and O–H groups in total. The minimum atomic E-state index is -1.57. The maximum atomic E-state index is 14.9. The zero-order valence-electron chi connectivity index (χ0n) is 44.7. The second-order valence-electron chi connectivity index (χ2n) is 21.1. The number of ether oxygens (including phenoxy) is 1. The highest BCUT2D eigenvalue weighted by Gasteiger charge is 2.41. The van der Waals surface area contributed by atoms with Crippen molar-refractivity contribution in [2.75, 3.05) is 61.5 Å². The van der Waals surface area contributed by atoms with Crippen LogP contribution in [0.25, 0.3) is 0 Å². The number of hydrogen-bond donors (Lipinski definition) is 4. The van der Waals surface area contributed by atoms with E-state index < -0.39 is 120 Å². The standard InChI is InChI=1S/C51H83N9O11/c1-31(2)25-38-45(65)53-37(30-71-51(7,8)9)44(64)52-36(48(68)60-23-19-16-20-24-60)28-41(62)56(11)33(5)47(67)59(14)40(27-35-21-17-15-18-22-35)49(69)58(13)39(26-32(3)4)46(66)54-43(34(6)61)50(70)55(10)29-42(63)57(38)12/h15,17-18,21-22,31-34,36-40,43,61H,16,19-20,23-30H2,1-14H3,(H,52,64)(H,53,65)(H,54,66)/t33-,34+,36-,37-,38-,39-,40-,43-/m0/s1. The fraction of sp³-hybridized carbons (Fsp3) is 0.706. The number of piperidine rings is 1. The molecule has 398 valence electrons. The molecule has 0 saturated carbocycles. The molecular weight excluding hydrogens is 915 g/mol. The Labute approximate surface area is 420 Å². The number of aliphatic hydroxyl groups excluding tert-OH is 1. The Kier molecular flexibility index (Phi) is 22.5. The van der Waals surface area contributed by atoms with Gasteiger partial charge in [-0.15, -0.1) is 0 Å². The van der Waals surface area contributed by atoms with Crippen molar-refractivity contribution in [2.45, 2.75) is 161 Å². The van der Waals surface area contributed by atoms with Gasteiger partial charge in [0.15, 0.2) is 0 Å². The van der Waals surface area contributed by atoms with Crippen LogP contribution in [-0.4, -0.2) is 203 Å². The molecular formula is C51H83N9O11. The second kappa shape index (κ2) is 26.7. The molecule has 1 aromatic carbocycles. The summed E-state index contributed by atoms with van der Waals surface area (Å²) >= 11 is 0. The molecule has 1 aromatic rings. The first kappa shape index (κ1) is 59.7. The lowest BCUT2D eigenvalue weighted by molar-refractivity contribution is -0.152. The normalized spacial score (nSPS) is 25.8. The zero-order chi connectivity index (χ0) is 53.7. The average molecular weight is 998 g/mol. The summed E-state index contributed by atoms with van der Waals surface area (Å²) in [5, 5.41) is 19.1. The third-order valence-corrected chi connectivity index (χ3v) is 13.1. The van der Waals surface area contributed by atoms with Gasteiger partial charge in [0.2, 0.25) is 53.2 Å². The molecule has 71 heavy (non-hydrogen) atoms. The molecule has 2 aliphatic heterocycles. The predicted molar refractivity (Wildman–Crippen MR) is 267 cm³/mol. The van der Waals surface area contributed by atoms with Crippen LogP contribution in [0.3, 0.4) is 0 Å². The first-order chi connectivity index (χ1) is 33.1. The Morgan fingerprint density at radius 2 is 1.21 bits per heavy atom. The maximum Gasteiger partial charge on any atom is 0.248 e. The molecule has 2 fully saturated rings. The molecule has 8 atom stereocenters. The summed E-state index contributed by atoms with van der Waals surface area (Å²) in [5.41, 5.74) is -0.0964. The maximum absolute atomic E-state index is 14.9. The Morgan fingerprint density at radius 3 is 1.75 bits per heavy atom. The van der Waals surface area contributed by atoms with Crippen LogP contribution in [0.5, 0.6) is 0 Å². The van der Waals surface area contributed by atoms with Crippen LogP contribution < -0.4 is 16.0 Å². The third kappa shape index (κ3) is 17.3. The summed E-state index contributed by atoms with van der Waals surface area (Å²) in [6.07, 6.45) is 0.562. The SMILES string of the molecule is CC(C)C[C@H]1C(=O)N[C@@H](COC(C)(C)C)C(=O)N[C@H](C(=O)N2CCCCC2)CC(=O)N(C)[C@@H](C)C(=O)N(C)[C@@H](Cc2ccccc2)C(=O)N(C)[C@@H](CC(C)C)C(=O)N[C@@H]([C@@H](C)O)C(=O)N(C)CC(=O)N1C. The Bertz CT molecular complexity index is 2020. The summed E-state index contributed by atoms with van der Waals surface area (Å²) in [4.78, 5) is 137. The molecule has 9 amide bonds. The van der Waals surface area contributed by atoms with Gasteiger partial charge in [-0.2, -0.15) is 0 Å². The number of likely N-dealkylation sites (tertiary alicyclic amines) is 1. The van der Waals surface area contributed by atoms with E-state index in [0.717, 1.165) is 21.1 Å². The number of carbonyl (C=O) groups is 9. The summed E-state index contributed by atoms with van der Waals surface area (Å²) in [5.74, 6) is -6.59. The van der Waals surface area contributed by atoms with Gasteiger partial charge in [0.05, 0.1) is 31.3 Å². The van der Waals surface area contributed by atoms with Gasteiger partial charge < -0.3 is 55.2 Å². The summed E-state index contributed by atoms with van der Waals surface area (Å²) < 4.78 is 6.01. The van der Waals surface area contributed by atoms with E-state index in [0.29, 0.717) is 31.5 Å². The molecule has 20 heteroatoms. The highest BCUT2D eigenvalue weighted by molar-refractivity contribution is 5.99. The number of carbonyl (C=O) groups excluding carboxylic acids is 9. The van der Waals surface area contributed by atoms with E-state index in [1.54, 1.807) is 56.0 Å². The predicted octanol–water partition coefficient (Wildman–Crippen LogP) is 1.17. The van der Waals surface area contributed by atoms with Gasteiger partial charge in [0.25, 0.3) is 0 Å². The number of benzene rings is 1. The van der Waals surface area contributed by atoms with Gasteiger partial charge in [-0.25, -0.2) is 0 Å². The van der Waals surface area contributed by atoms with Crippen molar-refractivity contribution in [1.82, 2.24) is 45.3 Å². The van der Waals surface area contributed by atoms with E-state index in [2.05, 4.69) is 16.0 Å². The van der Waals surface area contributed by atoms with E-state index in [9.17, 15) is 48.3 Å². The highest BCUT2D eigenvalue weighted by Crippen LogP contribution is 2.21. The number of rotatable bonds is 10. The molecule has 20 nitrogen and oxygen atoms in total. The number of nitrogens with zero attached hydrogens (tertiary/aromatic N) is 6. The Morgan fingerprint density at radius 1 is 0.676 bits per heavy atom. The van der Waals surface area contributed by atoms with Crippen molar-refractivity contribution in [3.8, 4) is 0 Å². The summed E-state index contributed by atoms with van der Waals surface area (Å²) in [6.45, 7) is 15.3. The van der Waals surface area contributed by atoms with E-state index in [1.165, 1.54) is 58.9 Å². The van der Waals surface area contributed by atoms with Crippen LogP contribution in [0.4, 0.5) is 0 Å². The van der Waals surface area contributed by atoms with Gasteiger partial charge in [0.1, 0.15) is 42.3 Å². The first-order valence-corrected chi connectivity index (χ1v) is 24.9. The number of likely N-dealkylation sites (N-methyl/N-ethyl adjacent to an activating group) is 5. The molecule has 0 unspecified atom stereocenters. The van der Waals surface area contributed by atoms with E-state index in [1.807, 2.05) is 27.7 Å². The van der Waals surface area contributed by atoms with E-state index in [-0.39, 0.29) is 37.7 Å². The Balaban J connectivity index is 2.25. The summed E-state index contributed by atoms with van der Waals surface area (Å²) in [6, 6.07) is -0.271. The first-order valence-electron chi connectivity index (χ1n) is 24.9. The van der Waals surface area contributed by atoms with Gasteiger partial charge >= 0.3 is 0 Å². The van der Waals surface area contributed by atoms with Crippen LogP contribution in [0, 0.1) is 11.8 Å². The van der Waals surface area contributed by atoms with Gasteiger partial charge in [-0.05, 0) is 84.1 Å². The fourth-order valence-electron chi connectivity index (χ4n) is 8.57. The molecule has 2 heterocycles. The van der Waals surface area contributed by atoms with Gasteiger partial charge in [0, 0.05) is 54.7 Å². The topological polar surface area (TPSA) is 239 Å². The Hall–Kier alpha value is -5.63. The van der Waals surface area contributed by atoms with E-state index in [4.69, 9.17) is 4.74 Å². The molecule has 0 aromatic heterocycles. The van der Waals surface area contributed by atoms with E-state index >= 15 is 0 Å². The molecule has 2 aliphatic rings. The number of nitrogens with one attached hydrogen (secondary N) is 3. The number of hydrogen-bond acceptors (Lipinski definition) is 11. The highest BCUT2D eigenvalue weighted by atomic mass is 16.5. The van der Waals surface area contributed by atoms with Crippen molar-refractivity contribution >= 4 is 53.2 Å². The lowest BCUT2D eigenvalue weighted by Gasteiger charge is -2.38. The van der Waals surface area contributed by atoms with Crippen LogP contribution >= 0.6 is 0 Å². The van der Waals surface area contributed by atoms with Crippen LogP contribution in [-0.2, 0) is 54.3 Å². The van der Waals surface area contributed by atoms with Crippen molar-refractivity contribution in [1.29, 1.82) is 0 Å². The molecule has 0 aliphatic carbocycles. The fourth-order valence-corrected chi connectivity index (χ4v) is 8.57. The van der Waals surface area contributed by atoms with Crippen molar-refractivity contribution in [3.05, 3.63) is 35.9 Å². The van der Waals surface area contributed by atoms with Crippen molar-refractivity contribution < 1.29 is 53.0 Å². The van der Waals surface area contributed by atoms with Gasteiger partial charge in [-0.1, -0.05) is 58.0 Å². The number of amides is 9. The minimum Gasteiger partial charge on any atom is -0.391 e. The minimum absolute atomic E-state index is 0.0157. The monoisotopic (exact) mass is 998 g/mol. The second-order valence-corrected chi connectivity index (χ2v) is 21.1. The van der Waals surface area contributed by atoms with Crippen molar-refractivity contribution in [2.24, 2.45) is 11.8 Å². The third-order valence-electron chi connectivity index (χ3n) is 13.1. The molecule has 0 radical (unpaired) electrons. The molecule has 0 bridgehead atoms. The lowest BCUT2D eigenvalue weighted by atomic mass is 9.98. The van der Waals surface area contributed by atoms with Crippen LogP contribution in [0.15, 0.2) is 30.3 Å².